The molecule has 0 bridgehead atoms. The van der Waals surface area contributed by atoms with Gasteiger partial charge in [-0.15, -0.1) is 0 Å². The summed E-state index contributed by atoms with van der Waals surface area (Å²) in [6.07, 6.45) is 5.98. The lowest BCUT2D eigenvalue weighted by Crippen LogP contribution is -2.22. The molecule has 0 aromatic heterocycles. The Morgan fingerprint density at radius 1 is 0.619 bits per heavy atom. The summed E-state index contributed by atoms with van der Waals surface area (Å²) in [6, 6.07) is 0. The van der Waals surface area contributed by atoms with E-state index < -0.39 is 0 Å². The zero-order valence-electron chi connectivity index (χ0n) is 13.4. The maximum Gasteiger partial charge on any atom is 0.0808 e. The maximum absolute atomic E-state index is 5.81. The summed E-state index contributed by atoms with van der Waals surface area (Å²) >= 11 is 0. The fraction of sp³-hybridized carbons (Fsp3) is 1.00. The van der Waals surface area contributed by atoms with Crippen molar-refractivity contribution in [2.75, 3.05) is 52.7 Å². The van der Waals surface area contributed by atoms with Crippen LogP contribution in [-0.4, -0.2) is 58.8 Å². The quantitative estimate of drug-likeness (QED) is 0.340. The van der Waals surface area contributed by atoms with Crippen LogP contribution in [0.1, 0.15) is 38.5 Å². The fourth-order valence-corrected chi connectivity index (χ4v) is 1.81. The third-order valence-electron chi connectivity index (χ3n) is 3.06. The van der Waals surface area contributed by atoms with Gasteiger partial charge in [-0.2, -0.15) is 0 Å². The van der Waals surface area contributed by atoms with E-state index in [4.69, 9.17) is 31.4 Å². The lowest BCUT2D eigenvalue weighted by molar-refractivity contribution is -0.0226. The van der Waals surface area contributed by atoms with E-state index in [-0.39, 0.29) is 6.10 Å². The predicted molar refractivity (Wildman–Crippen MR) is 86.2 cm³/mol. The van der Waals surface area contributed by atoms with Crippen molar-refractivity contribution in [3.63, 3.8) is 0 Å². The second-order valence-electron chi connectivity index (χ2n) is 5.10. The fourth-order valence-electron chi connectivity index (χ4n) is 1.81. The molecule has 21 heavy (non-hydrogen) atoms. The minimum absolute atomic E-state index is 0.151. The molecule has 0 spiro atoms. The Morgan fingerprint density at radius 2 is 1.19 bits per heavy atom. The van der Waals surface area contributed by atoms with E-state index in [0.29, 0.717) is 39.5 Å². The molecule has 1 unspecified atom stereocenters. The van der Waals surface area contributed by atoms with Gasteiger partial charge in [0, 0.05) is 26.4 Å². The maximum atomic E-state index is 5.81. The van der Waals surface area contributed by atoms with Gasteiger partial charge in [0.2, 0.25) is 0 Å². The van der Waals surface area contributed by atoms with Crippen molar-refractivity contribution < 1.29 is 14.2 Å². The van der Waals surface area contributed by atoms with Gasteiger partial charge in [0.1, 0.15) is 0 Å². The molecule has 0 aliphatic rings. The average Bonchev–Trinajstić information content (AvgIpc) is 2.50. The Morgan fingerprint density at radius 3 is 1.86 bits per heavy atom. The van der Waals surface area contributed by atoms with Crippen molar-refractivity contribution in [2.45, 2.75) is 44.6 Å². The Bertz CT molecular complexity index is 197. The largest absolute Gasteiger partial charge is 0.381 e. The molecule has 0 heterocycles. The second kappa shape index (κ2) is 17.8. The molecule has 0 saturated heterocycles. The van der Waals surface area contributed by atoms with Crippen LogP contribution < -0.4 is 17.2 Å². The summed E-state index contributed by atoms with van der Waals surface area (Å²) in [5.74, 6) is 0. The summed E-state index contributed by atoms with van der Waals surface area (Å²) in [6.45, 7) is 5.62. The molecule has 0 aromatic rings. The monoisotopic (exact) mass is 305 g/mol. The molecule has 0 aliphatic carbocycles. The normalized spacial score (nSPS) is 12.7. The molecule has 6 heteroatoms. The molecule has 0 saturated carbocycles. The van der Waals surface area contributed by atoms with Gasteiger partial charge in [-0.05, 0) is 58.2 Å². The Balaban J connectivity index is 3.61. The predicted octanol–water partition coefficient (Wildman–Crippen LogP) is 0.622. The molecule has 0 fully saturated rings. The van der Waals surface area contributed by atoms with Crippen molar-refractivity contribution in [1.29, 1.82) is 0 Å². The van der Waals surface area contributed by atoms with Crippen LogP contribution >= 0.6 is 0 Å². The van der Waals surface area contributed by atoms with E-state index in [1.165, 1.54) is 0 Å². The van der Waals surface area contributed by atoms with Crippen molar-refractivity contribution in [2.24, 2.45) is 17.2 Å². The molecule has 6 nitrogen and oxygen atoms in total. The summed E-state index contributed by atoms with van der Waals surface area (Å²) < 4.78 is 16.9. The summed E-state index contributed by atoms with van der Waals surface area (Å²) in [5, 5.41) is 0. The Kier molecular flexibility index (Phi) is 17.6. The van der Waals surface area contributed by atoms with Gasteiger partial charge in [-0.25, -0.2) is 0 Å². The highest BCUT2D eigenvalue weighted by Crippen LogP contribution is 2.07. The highest BCUT2D eigenvalue weighted by molar-refractivity contribution is 4.58. The second-order valence-corrected chi connectivity index (χ2v) is 5.10. The van der Waals surface area contributed by atoms with Crippen LogP contribution in [0.15, 0.2) is 0 Å². The third kappa shape index (κ3) is 16.0. The lowest BCUT2D eigenvalue weighted by Gasteiger charge is -2.18. The van der Waals surface area contributed by atoms with Gasteiger partial charge in [0.15, 0.2) is 0 Å². The van der Waals surface area contributed by atoms with E-state index in [1.54, 1.807) is 0 Å². The van der Waals surface area contributed by atoms with Crippen molar-refractivity contribution in [1.82, 2.24) is 0 Å². The molecule has 1 atom stereocenters. The molecular formula is C15H35N3O3. The summed E-state index contributed by atoms with van der Waals surface area (Å²) in [5.41, 5.74) is 16.3. The summed E-state index contributed by atoms with van der Waals surface area (Å²) in [7, 11) is 0. The summed E-state index contributed by atoms with van der Waals surface area (Å²) in [4.78, 5) is 0. The van der Waals surface area contributed by atoms with Crippen molar-refractivity contribution in [3.05, 3.63) is 0 Å². The van der Waals surface area contributed by atoms with E-state index in [1.807, 2.05) is 0 Å². The van der Waals surface area contributed by atoms with Crippen molar-refractivity contribution in [3.8, 4) is 0 Å². The van der Waals surface area contributed by atoms with Gasteiger partial charge >= 0.3 is 0 Å². The minimum Gasteiger partial charge on any atom is -0.381 e. The highest BCUT2D eigenvalue weighted by Gasteiger charge is 2.09. The van der Waals surface area contributed by atoms with Crippen LogP contribution in [0, 0.1) is 0 Å². The average molecular weight is 305 g/mol. The van der Waals surface area contributed by atoms with Crippen LogP contribution in [0.3, 0.4) is 0 Å². The van der Waals surface area contributed by atoms with E-state index in [0.717, 1.165) is 51.7 Å². The minimum atomic E-state index is 0.151. The topological polar surface area (TPSA) is 106 Å². The molecule has 0 amide bonds. The number of ether oxygens (including phenoxy) is 3. The first-order valence-electron chi connectivity index (χ1n) is 8.22. The number of unbranched alkanes of at least 4 members (excludes halogenated alkanes) is 1. The van der Waals surface area contributed by atoms with Gasteiger partial charge in [0.25, 0.3) is 0 Å². The van der Waals surface area contributed by atoms with Crippen molar-refractivity contribution >= 4 is 0 Å². The number of hydrogen-bond donors (Lipinski definition) is 3. The first kappa shape index (κ1) is 20.8. The van der Waals surface area contributed by atoms with E-state index in [9.17, 15) is 0 Å². The Labute approximate surface area is 129 Å². The van der Waals surface area contributed by atoms with E-state index in [2.05, 4.69) is 0 Å². The molecule has 0 rings (SSSR count). The van der Waals surface area contributed by atoms with Gasteiger partial charge in [-0.1, -0.05) is 0 Å². The van der Waals surface area contributed by atoms with Gasteiger partial charge < -0.3 is 31.4 Å². The SMILES string of the molecule is NCCCOCCCCC(COCCCN)OCCCN. The third-order valence-corrected chi connectivity index (χ3v) is 3.06. The first-order chi connectivity index (χ1) is 10.3. The zero-order valence-corrected chi connectivity index (χ0v) is 13.4. The van der Waals surface area contributed by atoms with Crippen LogP contribution in [0.4, 0.5) is 0 Å². The molecule has 0 radical (unpaired) electrons. The zero-order chi connectivity index (χ0) is 15.6. The Hall–Kier alpha value is -0.240. The number of nitrogens with two attached hydrogens (primary N) is 3. The number of hydrogen-bond acceptors (Lipinski definition) is 6. The molecule has 0 aromatic carbocycles. The number of rotatable bonds is 17. The van der Waals surface area contributed by atoms with Gasteiger partial charge in [-0.3, -0.25) is 0 Å². The molecule has 128 valence electrons. The first-order valence-corrected chi connectivity index (χ1v) is 8.22. The van der Waals surface area contributed by atoms with Gasteiger partial charge in [0.05, 0.1) is 12.7 Å². The lowest BCUT2D eigenvalue weighted by atomic mass is 10.1. The molecular weight excluding hydrogens is 270 g/mol. The smallest absolute Gasteiger partial charge is 0.0808 e. The van der Waals surface area contributed by atoms with Crippen LogP contribution in [-0.2, 0) is 14.2 Å². The van der Waals surface area contributed by atoms with Crippen LogP contribution in [0.5, 0.6) is 0 Å². The van der Waals surface area contributed by atoms with Crippen LogP contribution in [0.2, 0.25) is 0 Å². The van der Waals surface area contributed by atoms with Crippen LogP contribution in [0.25, 0.3) is 0 Å². The molecule has 0 aliphatic heterocycles. The van der Waals surface area contributed by atoms with E-state index >= 15 is 0 Å². The highest BCUT2D eigenvalue weighted by atomic mass is 16.5. The standard InChI is InChI=1S/C15H35N3O3/c16-7-3-11-19-10-2-1-6-15(21-13-5-9-18)14-20-12-4-8-17/h15H,1-14,16-18H2. The molecule has 6 N–H and O–H groups in total.